The molecule has 0 bridgehead atoms. The Balaban J connectivity index is 1.42. The lowest BCUT2D eigenvalue weighted by atomic mass is 10.2. The minimum Gasteiger partial charge on any atom is -0.373 e. The predicted molar refractivity (Wildman–Crippen MR) is 73.6 cm³/mol. The molecule has 1 N–H and O–H groups in total. The molecule has 2 atom stereocenters. The van der Waals surface area contributed by atoms with Crippen LogP contribution in [0.4, 0.5) is 5.82 Å². The van der Waals surface area contributed by atoms with Gasteiger partial charge in [0.25, 0.3) is 0 Å². The van der Waals surface area contributed by atoms with Crippen LogP contribution in [-0.2, 0) is 4.74 Å². The third kappa shape index (κ3) is 2.12. The van der Waals surface area contributed by atoms with Gasteiger partial charge in [0.1, 0.15) is 6.33 Å². The summed E-state index contributed by atoms with van der Waals surface area (Å²) in [6, 6.07) is 0.643. The molecule has 2 aromatic heterocycles. The van der Waals surface area contributed by atoms with Crippen LogP contribution in [0.5, 0.6) is 0 Å². The van der Waals surface area contributed by atoms with Gasteiger partial charge in [0.05, 0.1) is 12.7 Å². The average Bonchev–Trinajstić information content (AvgIpc) is 3.13. The molecule has 2 unspecified atom stereocenters. The highest BCUT2D eigenvalue weighted by Crippen LogP contribution is 2.22. The number of nitrogens with one attached hydrogen (secondary N) is 1. The number of ether oxygens (including phenoxy) is 1. The van der Waals surface area contributed by atoms with Crippen LogP contribution in [0.2, 0.25) is 0 Å². The number of hydrogen-bond donors (Lipinski definition) is 1. The van der Waals surface area contributed by atoms with Crippen LogP contribution in [0.1, 0.15) is 12.8 Å². The van der Waals surface area contributed by atoms with E-state index in [4.69, 9.17) is 4.74 Å². The number of morpholine rings is 1. The lowest BCUT2D eigenvalue weighted by Crippen LogP contribution is -2.48. The summed E-state index contributed by atoms with van der Waals surface area (Å²) in [7, 11) is 0. The summed E-state index contributed by atoms with van der Waals surface area (Å²) >= 11 is 0. The van der Waals surface area contributed by atoms with Crippen LogP contribution in [0.3, 0.4) is 0 Å². The van der Waals surface area contributed by atoms with Crippen molar-refractivity contribution in [1.29, 1.82) is 0 Å². The molecule has 2 aliphatic heterocycles. The Labute approximate surface area is 117 Å². The van der Waals surface area contributed by atoms with E-state index in [2.05, 4.69) is 25.4 Å². The van der Waals surface area contributed by atoms with Gasteiger partial charge in [-0.15, -0.1) is 10.2 Å². The van der Waals surface area contributed by atoms with Crippen molar-refractivity contribution in [1.82, 2.24) is 24.5 Å². The van der Waals surface area contributed by atoms with Gasteiger partial charge in [-0.1, -0.05) is 0 Å². The molecule has 4 heterocycles. The maximum Gasteiger partial charge on any atom is 0.203 e. The van der Waals surface area contributed by atoms with Crippen molar-refractivity contribution in [2.24, 2.45) is 0 Å². The number of hydrogen-bond acceptors (Lipinski definition) is 6. The fraction of sp³-hybridized carbons (Fsp3) is 0.615. The van der Waals surface area contributed by atoms with E-state index in [1.807, 2.05) is 10.6 Å². The smallest absolute Gasteiger partial charge is 0.203 e. The highest BCUT2D eigenvalue weighted by Gasteiger charge is 2.32. The zero-order valence-corrected chi connectivity index (χ0v) is 11.3. The van der Waals surface area contributed by atoms with Crippen LogP contribution in [0.15, 0.2) is 18.7 Å². The van der Waals surface area contributed by atoms with Crippen molar-refractivity contribution in [3.63, 3.8) is 0 Å². The second-order valence-electron chi connectivity index (χ2n) is 5.46. The maximum atomic E-state index is 5.93. The quantitative estimate of drug-likeness (QED) is 0.874. The van der Waals surface area contributed by atoms with Gasteiger partial charge < -0.3 is 10.1 Å². The summed E-state index contributed by atoms with van der Waals surface area (Å²) in [4.78, 5) is 6.87. The Morgan fingerprint density at radius 1 is 1.45 bits per heavy atom. The summed E-state index contributed by atoms with van der Waals surface area (Å²) in [5.41, 5.74) is 0.752. The molecular formula is C13H18N6O. The molecule has 2 fully saturated rings. The third-order valence-electron chi connectivity index (χ3n) is 4.17. The van der Waals surface area contributed by atoms with Crippen LogP contribution in [0, 0.1) is 0 Å². The van der Waals surface area contributed by atoms with Gasteiger partial charge in [-0.3, -0.25) is 9.30 Å². The van der Waals surface area contributed by atoms with Gasteiger partial charge >= 0.3 is 0 Å². The normalized spacial score (nSPS) is 26.8. The summed E-state index contributed by atoms with van der Waals surface area (Å²) in [6.45, 7) is 3.83. The van der Waals surface area contributed by atoms with Gasteiger partial charge in [-0.25, -0.2) is 4.98 Å². The highest BCUT2D eigenvalue weighted by atomic mass is 16.5. The Bertz CT molecular complexity index is 599. The molecule has 7 heteroatoms. The fourth-order valence-corrected chi connectivity index (χ4v) is 3.10. The second-order valence-corrected chi connectivity index (χ2v) is 5.46. The fourth-order valence-electron chi connectivity index (χ4n) is 3.10. The molecule has 0 aromatic carbocycles. The van der Waals surface area contributed by atoms with E-state index in [0.29, 0.717) is 6.04 Å². The predicted octanol–water partition coefficient (Wildman–Crippen LogP) is 0.399. The lowest BCUT2D eigenvalue weighted by molar-refractivity contribution is -0.0415. The first-order valence-corrected chi connectivity index (χ1v) is 7.14. The molecule has 0 radical (unpaired) electrons. The Morgan fingerprint density at radius 3 is 3.45 bits per heavy atom. The van der Waals surface area contributed by atoms with Crippen LogP contribution in [0.25, 0.3) is 5.65 Å². The molecule has 2 aliphatic rings. The van der Waals surface area contributed by atoms with E-state index in [1.165, 1.54) is 19.4 Å². The summed E-state index contributed by atoms with van der Waals surface area (Å²) in [6.07, 6.45) is 8.06. The summed E-state index contributed by atoms with van der Waals surface area (Å²) in [5, 5.41) is 11.3. The number of anilines is 1. The van der Waals surface area contributed by atoms with Gasteiger partial charge in [-0.05, 0) is 19.4 Å². The summed E-state index contributed by atoms with van der Waals surface area (Å²) in [5.74, 6) is 0.761. The summed E-state index contributed by atoms with van der Waals surface area (Å²) < 4.78 is 7.79. The molecular weight excluding hydrogens is 256 g/mol. The van der Waals surface area contributed by atoms with Crippen molar-refractivity contribution in [2.75, 3.05) is 31.6 Å². The number of rotatable bonds is 3. The van der Waals surface area contributed by atoms with Gasteiger partial charge in [0, 0.05) is 31.5 Å². The first-order chi connectivity index (χ1) is 9.90. The van der Waals surface area contributed by atoms with Crippen LogP contribution < -0.4 is 5.32 Å². The number of fused-ring (bicyclic) bond motifs is 2. The van der Waals surface area contributed by atoms with Crippen molar-refractivity contribution in [2.45, 2.75) is 25.0 Å². The average molecular weight is 274 g/mol. The molecule has 0 aliphatic carbocycles. The van der Waals surface area contributed by atoms with Crippen LogP contribution in [-0.4, -0.2) is 62.9 Å². The van der Waals surface area contributed by atoms with Crippen LogP contribution >= 0.6 is 0 Å². The number of aromatic nitrogens is 4. The van der Waals surface area contributed by atoms with E-state index < -0.39 is 0 Å². The monoisotopic (exact) mass is 274 g/mol. The zero-order chi connectivity index (χ0) is 13.4. The van der Waals surface area contributed by atoms with E-state index >= 15 is 0 Å². The second kappa shape index (κ2) is 4.99. The molecule has 2 saturated heterocycles. The molecule has 2 aromatic rings. The van der Waals surface area contributed by atoms with Gasteiger partial charge in [0.2, 0.25) is 5.65 Å². The minimum atomic E-state index is 0.217. The molecule has 0 saturated carbocycles. The standard InChI is InChI=1S/C13H18N6O/c1-2-10-8-20-11(7-18(10)4-1)6-15-12-13-17-16-9-19(13)5-3-14-12/h3,5,9-11H,1-2,4,6-8H2,(H,14,15). The first-order valence-electron chi connectivity index (χ1n) is 7.14. The molecule has 20 heavy (non-hydrogen) atoms. The first kappa shape index (κ1) is 12.0. The molecule has 7 nitrogen and oxygen atoms in total. The SMILES string of the molecule is c1cn2cnnc2c(NCC2CN3CCCC3CO2)n1. The highest BCUT2D eigenvalue weighted by molar-refractivity contribution is 5.61. The topological polar surface area (TPSA) is 67.6 Å². The third-order valence-corrected chi connectivity index (χ3v) is 4.17. The molecule has 4 rings (SSSR count). The van der Waals surface area contributed by atoms with E-state index in [0.717, 1.165) is 31.2 Å². The molecule has 0 amide bonds. The Kier molecular flexibility index (Phi) is 3.00. The lowest BCUT2D eigenvalue weighted by Gasteiger charge is -2.35. The largest absolute Gasteiger partial charge is 0.373 e. The Hall–Kier alpha value is -1.73. The van der Waals surface area contributed by atoms with E-state index in [9.17, 15) is 0 Å². The minimum absolute atomic E-state index is 0.217. The van der Waals surface area contributed by atoms with Crippen molar-refractivity contribution in [3.05, 3.63) is 18.7 Å². The van der Waals surface area contributed by atoms with Crippen molar-refractivity contribution in [3.8, 4) is 0 Å². The zero-order valence-electron chi connectivity index (χ0n) is 11.3. The maximum absolute atomic E-state index is 5.93. The Morgan fingerprint density at radius 2 is 2.45 bits per heavy atom. The molecule has 106 valence electrons. The molecule has 0 spiro atoms. The van der Waals surface area contributed by atoms with E-state index in [1.54, 1.807) is 12.5 Å². The number of nitrogens with zero attached hydrogens (tertiary/aromatic N) is 5. The van der Waals surface area contributed by atoms with Crippen molar-refractivity contribution >= 4 is 11.5 Å². The van der Waals surface area contributed by atoms with Gasteiger partial charge in [0.15, 0.2) is 5.82 Å². The van der Waals surface area contributed by atoms with E-state index in [-0.39, 0.29) is 6.10 Å². The van der Waals surface area contributed by atoms with Gasteiger partial charge in [-0.2, -0.15) is 0 Å². The van der Waals surface area contributed by atoms with Crippen molar-refractivity contribution < 1.29 is 4.74 Å².